The first-order chi connectivity index (χ1) is 22.5. The van der Waals surface area contributed by atoms with E-state index in [1.807, 2.05) is 18.2 Å². The normalized spacial score (nSPS) is 13.5. The smallest absolute Gasteiger partial charge is 0.164 e. The molecule has 0 fully saturated rings. The van der Waals surface area contributed by atoms with E-state index in [2.05, 4.69) is 135 Å². The van der Waals surface area contributed by atoms with E-state index in [0.29, 0.717) is 17.5 Å². The molecule has 3 nitrogen and oxygen atoms in total. The van der Waals surface area contributed by atoms with Crippen LogP contribution in [0.1, 0.15) is 36.1 Å². The second-order valence-corrected chi connectivity index (χ2v) is 12.9. The highest BCUT2D eigenvalue weighted by atomic mass is 15.0. The molecule has 9 rings (SSSR count). The van der Waals surface area contributed by atoms with Crippen LogP contribution >= 0.6 is 0 Å². The van der Waals surface area contributed by atoms with Crippen molar-refractivity contribution in [2.75, 3.05) is 0 Å². The molecule has 6 aromatic carbocycles. The molecule has 3 heteroatoms. The predicted octanol–water partition coefficient (Wildman–Crippen LogP) is 10.4. The van der Waals surface area contributed by atoms with Crippen molar-refractivity contribution in [3.63, 3.8) is 0 Å². The van der Waals surface area contributed by atoms with Crippen molar-refractivity contribution in [2.24, 2.45) is 0 Å². The number of hydrogen-bond donors (Lipinski definition) is 0. The van der Waals surface area contributed by atoms with Gasteiger partial charge in [0.1, 0.15) is 0 Å². The SMILES string of the molecule is CC1(C)c2ccccc2-c2ccc(-c3nc(-c4ccccc4)nc(-c4cccc(-c5ccc6c(c5)Cc5ccccc5-6)c4)n3)cc21. The van der Waals surface area contributed by atoms with Gasteiger partial charge in [-0.3, -0.25) is 0 Å². The summed E-state index contributed by atoms with van der Waals surface area (Å²) in [5.74, 6) is 2.02. The Morgan fingerprint density at radius 1 is 0.391 bits per heavy atom. The third kappa shape index (κ3) is 4.23. The van der Waals surface area contributed by atoms with Crippen LogP contribution in [0.3, 0.4) is 0 Å². The number of fused-ring (bicyclic) bond motifs is 6. The molecule has 0 N–H and O–H groups in total. The third-order valence-electron chi connectivity index (χ3n) is 9.76. The molecule has 1 heterocycles. The first kappa shape index (κ1) is 26.7. The van der Waals surface area contributed by atoms with Crippen LogP contribution in [-0.2, 0) is 11.8 Å². The average molecular weight is 590 g/mol. The predicted molar refractivity (Wildman–Crippen MR) is 187 cm³/mol. The van der Waals surface area contributed by atoms with Crippen molar-refractivity contribution in [1.29, 1.82) is 0 Å². The number of hydrogen-bond acceptors (Lipinski definition) is 3. The van der Waals surface area contributed by atoms with Gasteiger partial charge in [0.2, 0.25) is 0 Å². The van der Waals surface area contributed by atoms with Crippen molar-refractivity contribution < 1.29 is 0 Å². The third-order valence-corrected chi connectivity index (χ3v) is 9.76. The Kier molecular flexibility index (Phi) is 5.91. The van der Waals surface area contributed by atoms with E-state index in [1.54, 1.807) is 0 Å². The van der Waals surface area contributed by atoms with Gasteiger partial charge in [0.15, 0.2) is 17.5 Å². The molecule has 218 valence electrons. The molecule has 46 heavy (non-hydrogen) atoms. The summed E-state index contributed by atoms with van der Waals surface area (Å²) in [5, 5.41) is 0. The van der Waals surface area contributed by atoms with Gasteiger partial charge in [-0.2, -0.15) is 0 Å². The fourth-order valence-corrected chi connectivity index (χ4v) is 7.36. The summed E-state index contributed by atoms with van der Waals surface area (Å²) in [7, 11) is 0. The largest absolute Gasteiger partial charge is 0.208 e. The van der Waals surface area contributed by atoms with Crippen molar-refractivity contribution in [2.45, 2.75) is 25.7 Å². The Morgan fingerprint density at radius 3 is 1.76 bits per heavy atom. The van der Waals surface area contributed by atoms with E-state index >= 15 is 0 Å². The van der Waals surface area contributed by atoms with Gasteiger partial charge >= 0.3 is 0 Å². The first-order valence-electron chi connectivity index (χ1n) is 15.9. The van der Waals surface area contributed by atoms with Crippen LogP contribution in [-0.4, -0.2) is 15.0 Å². The topological polar surface area (TPSA) is 38.7 Å². The Morgan fingerprint density at radius 2 is 0.935 bits per heavy atom. The minimum atomic E-state index is -0.106. The minimum Gasteiger partial charge on any atom is -0.208 e. The van der Waals surface area contributed by atoms with E-state index < -0.39 is 0 Å². The Hall–Kier alpha value is -5.67. The lowest BCUT2D eigenvalue weighted by Gasteiger charge is -2.21. The molecule has 2 aliphatic carbocycles. The monoisotopic (exact) mass is 589 g/mol. The summed E-state index contributed by atoms with van der Waals surface area (Å²) in [5.41, 5.74) is 15.9. The van der Waals surface area contributed by atoms with Gasteiger partial charge in [-0.05, 0) is 74.2 Å². The molecular formula is C43H31N3. The zero-order valence-electron chi connectivity index (χ0n) is 25.8. The van der Waals surface area contributed by atoms with Crippen LogP contribution in [0.25, 0.3) is 67.5 Å². The van der Waals surface area contributed by atoms with E-state index in [1.165, 1.54) is 50.1 Å². The molecule has 0 bridgehead atoms. The number of benzene rings is 6. The number of rotatable bonds is 4. The molecule has 0 unspecified atom stereocenters. The van der Waals surface area contributed by atoms with Crippen molar-refractivity contribution in [3.05, 3.63) is 162 Å². The highest BCUT2D eigenvalue weighted by Gasteiger charge is 2.35. The molecule has 1 aromatic heterocycles. The molecule has 2 aliphatic rings. The molecule has 0 saturated carbocycles. The van der Waals surface area contributed by atoms with E-state index in [-0.39, 0.29) is 5.41 Å². The van der Waals surface area contributed by atoms with Crippen LogP contribution in [0.15, 0.2) is 140 Å². The average Bonchev–Trinajstić information content (AvgIpc) is 3.60. The fraction of sp³-hybridized carbons (Fsp3) is 0.0930. The second kappa shape index (κ2) is 10.2. The van der Waals surface area contributed by atoms with Gasteiger partial charge in [0.05, 0.1) is 0 Å². The van der Waals surface area contributed by atoms with Crippen LogP contribution in [0, 0.1) is 0 Å². The summed E-state index contributed by atoms with van der Waals surface area (Å²) in [6.45, 7) is 4.61. The zero-order valence-corrected chi connectivity index (χ0v) is 25.8. The fourth-order valence-electron chi connectivity index (χ4n) is 7.36. The molecule has 0 amide bonds. The first-order valence-corrected chi connectivity index (χ1v) is 15.9. The molecule has 0 aliphatic heterocycles. The van der Waals surface area contributed by atoms with Gasteiger partial charge < -0.3 is 0 Å². The van der Waals surface area contributed by atoms with Gasteiger partial charge in [0, 0.05) is 22.1 Å². The molecule has 0 atom stereocenters. The van der Waals surface area contributed by atoms with Crippen molar-refractivity contribution in [1.82, 2.24) is 15.0 Å². The lowest BCUT2D eigenvalue weighted by atomic mass is 9.82. The maximum Gasteiger partial charge on any atom is 0.164 e. The Balaban J connectivity index is 1.15. The molecule has 7 aromatic rings. The Bertz CT molecular complexity index is 2320. The maximum atomic E-state index is 5.12. The van der Waals surface area contributed by atoms with E-state index in [9.17, 15) is 0 Å². The summed E-state index contributed by atoms with van der Waals surface area (Å²) in [6.07, 6.45) is 0.971. The highest BCUT2D eigenvalue weighted by molar-refractivity contribution is 5.84. The lowest BCUT2D eigenvalue weighted by molar-refractivity contribution is 0.660. The number of aromatic nitrogens is 3. The van der Waals surface area contributed by atoms with Crippen LogP contribution < -0.4 is 0 Å². The summed E-state index contributed by atoms with van der Waals surface area (Å²) in [4.78, 5) is 15.2. The Labute approximate surface area is 269 Å². The van der Waals surface area contributed by atoms with Crippen molar-refractivity contribution >= 4 is 0 Å². The van der Waals surface area contributed by atoms with Crippen LogP contribution in [0.2, 0.25) is 0 Å². The number of nitrogens with zero attached hydrogens (tertiary/aromatic N) is 3. The van der Waals surface area contributed by atoms with E-state index in [4.69, 9.17) is 15.0 Å². The van der Waals surface area contributed by atoms with Crippen molar-refractivity contribution in [3.8, 4) is 67.5 Å². The minimum absolute atomic E-state index is 0.106. The van der Waals surface area contributed by atoms with Gasteiger partial charge in [-0.15, -0.1) is 0 Å². The molecule has 0 saturated heterocycles. The molecule has 0 radical (unpaired) electrons. The van der Waals surface area contributed by atoms with Gasteiger partial charge in [0.25, 0.3) is 0 Å². The summed E-state index contributed by atoms with van der Waals surface area (Å²) < 4.78 is 0. The quantitative estimate of drug-likeness (QED) is 0.205. The van der Waals surface area contributed by atoms with E-state index in [0.717, 1.165) is 28.7 Å². The highest BCUT2D eigenvalue weighted by Crippen LogP contribution is 2.49. The second-order valence-electron chi connectivity index (χ2n) is 12.9. The molecular weight excluding hydrogens is 558 g/mol. The van der Waals surface area contributed by atoms with Crippen LogP contribution in [0.4, 0.5) is 0 Å². The molecule has 0 spiro atoms. The van der Waals surface area contributed by atoms with Crippen LogP contribution in [0.5, 0.6) is 0 Å². The summed E-state index contributed by atoms with van der Waals surface area (Å²) >= 11 is 0. The summed E-state index contributed by atoms with van der Waals surface area (Å²) in [6, 6.07) is 49.7. The standard InChI is InChI=1S/C43H31N3/c1-43(2)38-18-9-8-17-36(38)37-22-20-32(26-39(37)43)42-45-40(27-11-4-3-5-12-27)44-41(46-42)31-15-10-14-28(23-31)29-19-21-35-33(24-29)25-30-13-6-7-16-34(30)35/h3-24,26H,25H2,1-2H3. The maximum absolute atomic E-state index is 5.12. The van der Waals surface area contributed by atoms with Gasteiger partial charge in [-0.25, -0.2) is 15.0 Å². The van der Waals surface area contributed by atoms with Gasteiger partial charge in [-0.1, -0.05) is 141 Å². The lowest BCUT2D eigenvalue weighted by Crippen LogP contribution is -2.15. The zero-order chi connectivity index (χ0) is 30.8.